The third kappa shape index (κ3) is 7.65. The lowest BCUT2D eigenvalue weighted by atomic mass is 9.90. The fourth-order valence-corrected chi connectivity index (χ4v) is 3.86. The van der Waals surface area contributed by atoms with E-state index in [0.29, 0.717) is 0 Å². The minimum atomic E-state index is -1.16. The Labute approximate surface area is 214 Å². The molecule has 1 aromatic carbocycles. The van der Waals surface area contributed by atoms with Crippen LogP contribution in [0.1, 0.15) is 27.1 Å². The zero-order valence-electron chi connectivity index (χ0n) is 19.6. The summed E-state index contributed by atoms with van der Waals surface area (Å²) in [5, 5.41) is 4.92. The summed E-state index contributed by atoms with van der Waals surface area (Å²) in [5.74, 6) is -4.41. The van der Waals surface area contributed by atoms with Gasteiger partial charge in [0, 0.05) is 6.54 Å². The van der Waals surface area contributed by atoms with Crippen molar-refractivity contribution in [2.24, 2.45) is 11.8 Å². The van der Waals surface area contributed by atoms with Gasteiger partial charge in [0.25, 0.3) is 0 Å². The average Bonchev–Trinajstić information content (AvgIpc) is 3.34. The summed E-state index contributed by atoms with van der Waals surface area (Å²) < 4.78 is 15.1. The highest BCUT2D eigenvalue weighted by Crippen LogP contribution is 2.27. The largest absolute Gasteiger partial charge is 0.461 e. The van der Waals surface area contributed by atoms with Gasteiger partial charge in [-0.2, -0.15) is 0 Å². The van der Waals surface area contributed by atoms with Gasteiger partial charge in [-0.25, -0.2) is 9.59 Å². The highest BCUT2D eigenvalue weighted by Gasteiger charge is 2.41. The lowest BCUT2D eigenvalue weighted by Crippen LogP contribution is -2.36. The van der Waals surface area contributed by atoms with Crippen LogP contribution in [-0.4, -0.2) is 61.3 Å². The standard InChI is InChI=1S/C25H28N2O8S/c1-4-9-33-22(29)15-7-8-17(23(30)34-10-5-2)18(12-15)27-21(28)19-13-16(14-26-19)20(25(32)36)24(31)35-11-6-3/h4-8,12,16,19-20,26H,1-3,9-11,13-14H2,(H,27,28)(H,32,36)/t16-,19?,20+/m1/s1. The summed E-state index contributed by atoms with van der Waals surface area (Å²) in [6.45, 7) is 10.5. The number of ether oxygens (including phenoxy) is 3. The Hall–Kier alpha value is -3.70. The fourth-order valence-electron chi connectivity index (χ4n) is 3.55. The lowest BCUT2D eigenvalue weighted by molar-refractivity contribution is -0.151. The summed E-state index contributed by atoms with van der Waals surface area (Å²) >= 11 is 3.81. The summed E-state index contributed by atoms with van der Waals surface area (Å²) in [7, 11) is 0. The Bertz CT molecular complexity index is 1050. The van der Waals surface area contributed by atoms with Gasteiger partial charge < -0.3 is 24.8 Å². The second-order valence-corrected chi connectivity index (χ2v) is 8.16. The Kier molecular flexibility index (Phi) is 11.1. The van der Waals surface area contributed by atoms with Gasteiger partial charge in [-0.15, -0.1) is 12.6 Å². The first-order valence-electron chi connectivity index (χ1n) is 11.0. The summed E-state index contributed by atoms with van der Waals surface area (Å²) in [4.78, 5) is 62.1. The quantitative estimate of drug-likeness (QED) is 0.118. The maximum absolute atomic E-state index is 13.0. The highest BCUT2D eigenvalue weighted by molar-refractivity contribution is 7.96. The van der Waals surface area contributed by atoms with Crippen molar-refractivity contribution >= 4 is 47.2 Å². The molecule has 2 N–H and O–H groups in total. The predicted molar refractivity (Wildman–Crippen MR) is 135 cm³/mol. The van der Waals surface area contributed by atoms with E-state index in [-0.39, 0.29) is 49.6 Å². The van der Waals surface area contributed by atoms with Crippen molar-refractivity contribution in [3.05, 3.63) is 67.3 Å². The molecule has 10 nitrogen and oxygen atoms in total. The summed E-state index contributed by atoms with van der Waals surface area (Å²) in [6, 6.07) is 3.20. The van der Waals surface area contributed by atoms with Gasteiger partial charge >= 0.3 is 17.9 Å². The maximum Gasteiger partial charge on any atom is 0.340 e. The Morgan fingerprint density at radius 1 is 1.00 bits per heavy atom. The van der Waals surface area contributed by atoms with Crippen LogP contribution in [0.25, 0.3) is 0 Å². The van der Waals surface area contributed by atoms with E-state index in [1.165, 1.54) is 36.4 Å². The van der Waals surface area contributed by atoms with Crippen molar-refractivity contribution in [3.8, 4) is 0 Å². The number of carbonyl (C=O) groups excluding carboxylic acids is 5. The number of thiol groups is 1. The van der Waals surface area contributed by atoms with E-state index >= 15 is 0 Å². The topological polar surface area (TPSA) is 137 Å². The first kappa shape index (κ1) is 28.5. The van der Waals surface area contributed by atoms with Gasteiger partial charge in [0.2, 0.25) is 5.91 Å². The molecule has 192 valence electrons. The van der Waals surface area contributed by atoms with Crippen molar-refractivity contribution in [2.45, 2.75) is 12.5 Å². The lowest BCUT2D eigenvalue weighted by Gasteiger charge is -2.18. The first-order chi connectivity index (χ1) is 17.2. The molecule has 1 aliphatic heterocycles. The van der Waals surface area contributed by atoms with Crippen LogP contribution in [0.3, 0.4) is 0 Å². The average molecular weight is 517 g/mol. The van der Waals surface area contributed by atoms with Crippen molar-refractivity contribution < 1.29 is 38.2 Å². The predicted octanol–water partition coefficient (Wildman–Crippen LogP) is 2.09. The second-order valence-electron chi connectivity index (χ2n) is 7.72. The van der Waals surface area contributed by atoms with Gasteiger partial charge in [0.15, 0.2) is 5.12 Å². The van der Waals surface area contributed by atoms with Crippen molar-refractivity contribution in [1.82, 2.24) is 5.32 Å². The number of carbonyl (C=O) groups is 5. The molecule has 36 heavy (non-hydrogen) atoms. The van der Waals surface area contributed by atoms with E-state index in [0.717, 1.165) is 0 Å². The Morgan fingerprint density at radius 2 is 1.61 bits per heavy atom. The minimum Gasteiger partial charge on any atom is -0.461 e. The molecule has 11 heteroatoms. The Balaban J connectivity index is 2.22. The maximum atomic E-state index is 13.0. The molecule has 0 aromatic heterocycles. The van der Waals surface area contributed by atoms with Crippen LogP contribution < -0.4 is 10.6 Å². The SMILES string of the molecule is C=CCOC(=O)c1ccc(C(=O)OCC=C)c(NC(=O)C2C[C@@H]([C@H](C(=O)S)C(=O)OCC=C)CN2)c1. The molecule has 1 aromatic rings. The van der Waals surface area contributed by atoms with Gasteiger partial charge in [0.1, 0.15) is 25.7 Å². The van der Waals surface area contributed by atoms with E-state index in [9.17, 15) is 24.0 Å². The van der Waals surface area contributed by atoms with Crippen LogP contribution in [0.15, 0.2) is 56.2 Å². The first-order valence-corrected chi connectivity index (χ1v) is 11.4. The molecule has 0 bridgehead atoms. The fraction of sp³-hybridized carbons (Fsp3) is 0.320. The number of amides is 1. The van der Waals surface area contributed by atoms with E-state index in [1.807, 2.05) is 0 Å². The van der Waals surface area contributed by atoms with Crippen LogP contribution in [0.2, 0.25) is 0 Å². The van der Waals surface area contributed by atoms with Gasteiger partial charge in [-0.1, -0.05) is 38.0 Å². The number of esters is 3. The number of rotatable bonds is 13. The van der Waals surface area contributed by atoms with Gasteiger partial charge in [-0.3, -0.25) is 14.4 Å². The van der Waals surface area contributed by atoms with Crippen molar-refractivity contribution in [1.29, 1.82) is 0 Å². The zero-order valence-corrected chi connectivity index (χ0v) is 20.5. The van der Waals surface area contributed by atoms with Crippen LogP contribution in [0.4, 0.5) is 5.69 Å². The molecule has 1 amide bonds. The number of nitrogens with one attached hydrogen (secondary N) is 2. The third-order valence-corrected chi connectivity index (χ3v) is 5.49. The number of hydrogen-bond donors (Lipinski definition) is 3. The highest BCUT2D eigenvalue weighted by atomic mass is 32.1. The summed E-state index contributed by atoms with van der Waals surface area (Å²) in [6.07, 6.45) is 4.29. The number of anilines is 1. The van der Waals surface area contributed by atoms with Crippen LogP contribution in [0, 0.1) is 11.8 Å². The van der Waals surface area contributed by atoms with E-state index in [1.54, 1.807) is 0 Å². The minimum absolute atomic E-state index is 0.0106. The van der Waals surface area contributed by atoms with Gasteiger partial charge in [0.05, 0.1) is 22.9 Å². The molecule has 0 spiro atoms. The number of benzene rings is 1. The molecule has 1 saturated heterocycles. The molecule has 1 aliphatic rings. The Morgan fingerprint density at radius 3 is 2.22 bits per heavy atom. The second kappa shape index (κ2) is 14.0. The molecule has 0 aliphatic carbocycles. The van der Waals surface area contributed by atoms with E-state index in [4.69, 9.17) is 14.2 Å². The third-order valence-electron chi connectivity index (χ3n) is 5.21. The normalized spacial score (nSPS) is 17.2. The number of hydrogen-bond acceptors (Lipinski definition) is 9. The smallest absolute Gasteiger partial charge is 0.340 e. The molecular weight excluding hydrogens is 488 g/mol. The van der Waals surface area contributed by atoms with Crippen LogP contribution in [-0.2, 0) is 28.6 Å². The molecule has 1 heterocycles. The molecule has 3 atom stereocenters. The molecule has 2 rings (SSSR count). The molecule has 0 radical (unpaired) electrons. The molecular formula is C25H28N2O8S. The molecule has 1 unspecified atom stereocenters. The monoisotopic (exact) mass is 516 g/mol. The summed E-state index contributed by atoms with van der Waals surface area (Å²) in [5.41, 5.74) is 0.131. The van der Waals surface area contributed by atoms with E-state index < -0.39 is 46.8 Å². The zero-order chi connectivity index (χ0) is 26.7. The van der Waals surface area contributed by atoms with Crippen LogP contribution in [0.5, 0.6) is 0 Å². The molecule has 1 fully saturated rings. The van der Waals surface area contributed by atoms with Crippen LogP contribution >= 0.6 is 12.6 Å². The van der Waals surface area contributed by atoms with Gasteiger partial charge in [-0.05, 0) is 30.5 Å². The molecule has 0 saturated carbocycles. The van der Waals surface area contributed by atoms with Crippen molar-refractivity contribution in [3.63, 3.8) is 0 Å². The van der Waals surface area contributed by atoms with Crippen molar-refractivity contribution in [2.75, 3.05) is 31.7 Å². The van der Waals surface area contributed by atoms with E-state index in [2.05, 4.69) is 43.0 Å².